The highest BCUT2D eigenvalue weighted by molar-refractivity contribution is 5.78. The Morgan fingerprint density at radius 2 is 2.36 bits per heavy atom. The second-order valence-electron chi connectivity index (χ2n) is 4.36. The molecule has 0 saturated carbocycles. The predicted octanol–water partition coefficient (Wildman–Crippen LogP) is 1.23. The molecule has 1 rings (SSSR count). The topological polar surface area (TPSA) is 46.3 Å². The lowest BCUT2D eigenvalue weighted by Gasteiger charge is -2.20. The lowest BCUT2D eigenvalue weighted by atomic mass is 10.0. The van der Waals surface area contributed by atoms with Crippen LogP contribution in [0.4, 0.5) is 0 Å². The van der Waals surface area contributed by atoms with Crippen molar-refractivity contribution >= 4 is 5.91 Å². The molecule has 1 amide bonds. The van der Waals surface area contributed by atoms with Crippen LogP contribution in [0.15, 0.2) is 0 Å². The van der Waals surface area contributed by atoms with Crippen LogP contribution in [0, 0.1) is 11.8 Å². The van der Waals surface area contributed by atoms with Gasteiger partial charge in [-0.15, -0.1) is 0 Å². The van der Waals surface area contributed by atoms with Crippen molar-refractivity contribution in [2.24, 2.45) is 17.6 Å². The molecule has 0 bridgehead atoms. The third-order valence-corrected chi connectivity index (χ3v) is 3.07. The Labute approximate surface area is 86.6 Å². The molecule has 2 unspecified atom stereocenters. The summed E-state index contributed by atoms with van der Waals surface area (Å²) in [5, 5.41) is 0. The van der Waals surface area contributed by atoms with Gasteiger partial charge in [0.05, 0.1) is 0 Å². The Morgan fingerprint density at radius 1 is 1.64 bits per heavy atom. The Morgan fingerprint density at radius 3 is 2.86 bits per heavy atom. The molecule has 3 nitrogen and oxygen atoms in total. The minimum atomic E-state index is 0.191. The van der Waals surface area contributed by atoms with Gasteiger partial charge in [-0.25, -0.2) is 0 Å². The summed E-state index contributed by atoms with van der Waals surface area (Å²) in [7, 11) is 0. The minimum absolute atomic E-state index is 0.191. The predicted molar refractivity (Wildman–Crippen MR) is 57.8 cm³/mol. The van der Waals surface area contributed by atoms with Gasteiger partial charge in [-0.1, -0.05) is 20.3 Å². The van der Waals surface area contributed by atoms with Crippen molar-refractivity contribution < 1.29 is 4.79 Å². The van der Waals surface area contributed by atoms with Gasteiger partial charge in [0.15, 0.2) is 0 Å². The number of nitrogens with zero attached hydrogens (tertiary/aromatic N) is 1. The van der Waals surface area contributed by atoms with Crippen LogP contribution in [0.1, 0.15) is 33.1 Å². The van der Waals surface area contributed by atoms with Crippen molar-refractivity contribution in [1.82, 2.24) is 4.90 Å². The molecule has 1 aliphatic rings. The average molecular weight is 198 g/mol. The van der Waals surface area contributed by atoms with E-state index >= 15 is 0 Å². The Balaban J connectivity index is 2.38. The maximum Gasteiger partial charge on any atom is 0.225 e. The van der Waals surface area contributed by atoms with E-state index in [4.69, 9.17) is 5.73 Å². The van der Waals surface area contributed by atoms with Gasteiger partial charge in [-0.2, -0.15) is 0 Å². The highest BCUT2D eigenvalue weighted by Crippen LogP contribution is 2.18. The van der Waals surface area contributed by atoms with Gasteiger partial charge in [0.2, 0.25) is 5.91 Å². The molecule has 1 aliphatic heterocycles. The highest BCUT2D eigenvalue weighted by Gasteiger charge is 2.27. The fourth-order valence-electron chi connectivity index (χ4n) is 2.09. The summed E-state index contributed by atoms with van der Waals surface area (Å²) in [5.41, 5.74) is 5.59. The summed E-state index contributed by atoms with van der Waals surface area (Å²) in [5.74, 6) is 1.05. The summed E-state index contributed by atoms with van der Waals surface area (Å²) < 4.78 is 0. The smallest absolute Gasteiger partial charge is 0.225 e. The molecule has 14 heavy (non-hydrogen) atoms. The van der Waals surface area contributed by atoms with E-state index in [1.54, 1.807) is 0 Å². The fraction of sp³-hybridized carbons (Fsp3) is 0.909. The van der Waals surface area contributed by atoms with E-state index in [1.807, 2.05) is 11.8 Å². The molecule has 0 aromatic heterocycles. The van der Waals surface area contributed by atoms with Gasteiger partial charge in [0.1, 0.15) is 0 Å². The second kappa shape index (κ2) is 5.35. The van der Waals surface area contributed by atoms with Crippen LogP contribution in [0.5, 0.6) is 0 Å². The molecule has 0 aromatic rings. The molecule has 82 valence electrons. The maximum atomic E-state index is 11.9. The third-order valence-electron chi connectivity index (χ3n) is 3.07. The van der Waals surface area contributed by atoms with Gasteiger partial charge < -0.3 is 10.6 Å². The number of likely N-dealkylation sites (tertiary alicyclic amines) is 1. The average Bonchev–Trinajstić information content (AvgIpc) is 2.65. The monoisotopic (exact) mass is 198 g/mol. The number of rotatable bonds is 4. The quantitative estimate of drug-likeness (QED) is 0.738. The largest absolute Gasteiger partial charge is 0.342 e. The van der Waals surface area contributed by atoms with Gasteiger partial charge >= 0.3 is 0 Å². The molecule has 1 heterocycles. The first-order chi connectivity index (χ1) is 6.69. The first-order valence-electron chi connectivity index (χ1n) is 5.67. The lowest BCUT2D eigenvalue weighted by molar-refractivity contribution is -0.134. The van der Waals surface area contributed by atoms with Crippen LogP contribution in [-0.2, 0) is 4.79 Å². The van der Waals surface area contributed by atoms with E-state index in [0.29, 0.717) is 18.4 Å². The van der Waals surface area contributed by atoms with E-state index in [-0.39, 0.29) is 5.92 Å². The van der Waals surface area contributed by atoms with Crippen molar-refractivity contribution in [2.75, 3.05) is 19.6 Å². The summed E-state index contributed by atoms with van der Waals surface area (Å²) in [6.45, 7) is 6.65. The van der Waals surface area contributed by atoms with Crippen molar-refractivity contribution in [3.05, 3.63) is 0 Å². The first kappa shape index (κ1) is 11.5. The van der Waals surface area contributed by atoms with E-state index < -0.39 is 0 Å². The van der Waals surface area contributed by atoms with Crippen molar-refractivity contribution in [3.63, 3.8) is 0 Å². The molecule has 1 fully saturated rings. The highest BCUT2D eigenvalue weighted by atomic mass is 16.2. The molecule has 0 aromatic carbocycles. The van der Waals surface area contributed by atoms with Gasteiger partial charge in [-0.05, 0) is 25.3 Å². The van der Waals surface area contributed by atoms with E-state index in [2.05, 4.69) is 6.92 Å². The zero-order valence-corrected chi connectivity index (χ0v) is 9.33. The number of hydrogen-bond acceptors (Lipinski definition) is 2. The Hall–Kier alpha value is -0.570. The molecule has 2 N–H and O–H groups in total. The zero-order valence-electron chi connectivity index (χ0n) is 9.33. The lowest BCUT2D eigenvalue weighted by Crippen LogP contribution is -2.34. The van der Waals surface area contributed by atoms with E-state index in [1.165, 1.54) is 0 Å². The minimum Gasteiger partial charge on any atom is -0.342 e. The molecular weight excluding hydrogens is 176 g/mol. The zero-order chi connectivity index (χ0) is 10.6. The molecule has 2 atom stereocenters. The first-order valence-corrected chi connectivity index (χ1v) is 5.67. The van der Waals surface area contributed by atoms with Crippen LogP contribution < -0.4 is 5.73 Å². The van der Waals surface area contributed by atoms with E-state index in [9.17, 15) is 4.79 Å². The number of carbonyl (C=O) groups excluding carboxylic acids is 1. The van der Waals surface area contributed by atoms with Crippen molar-refractivity contribution in [1.29, 1.82) is 0 Å². The third kappa shape index (κ3) is 2.71. The molecule has 0 radical (unpaired) electrons. The molecular formula is C11H22N2O. The Bertz CT molecular complexity index is 194. The maximum absolute atomic E-state index is 11.9. The normalized spacial score (nSPS) is 23.9. The summed E-state index contributed by atoms with van der Waals surface area (Å²) in [6, 6.07) is 0. The van der Waals surface area contributed by atoms with Crippen molar-refractivity contribution in [2.45, 2.75) is 33.1 Å². The SMILES string of the molecule is CCCC(C)C(=O)N1CCC(CN)C1. The molecule has 0 aliphatic carbocycles. The number of hydrogen-bond donors (Lipinski definition) is 1. The van der Waals surface area contributed by atoms with Crippen LogP contribution >= 0.6 is 0 Å². The summed E-state index contributed by atoms with van der Waals surface area (Å²) in [4.78, 5) is 13.9. The molecule has 3 heteroatoms. The standard InChI is InChI=1S/C11H22N2O/c1-3-4-9(2)11(14)13-6-5-10(7-12)8-13/h9-10H,3-8,12H2,1-2H3. The Kier molecular flexibility index (Phi) is 4.39. The van der Waals surface area contributed by atoms with Crippen LogP contribution in [0.25, 0.3) is 0 Å². The van der Waals surface area contributed by atoms with Crippen molar-refractivity contribution in [3.8, 4) is 0 Å². The summed E-state index contributed by atoms with van der Waals surface area (Å²) in [6.07, 6.45) is 3.17. The van der Waals surface area contributed by atoms with Crippen LogP contribution in [0.2, 0.25) is 0 Å². The molecule has 1 saturated heterocycles. The number of carbonyl (C=O) groups is 1. The van der Waals surface area contributed by atoms with Crippen LogP contribution in [-0.4, -0.2) is 30.4 Å². The van der Waals surface area contributed by atoms with Gasteiger partial charge in [0, 0.05) is 19.0 Å². The van der Waals surface area contributed by atoms with Crippen LogP contribution in [0.3, 0.4) is 0 Å². The second-order valence-corrected chi connectivity index (χ2v) is 4.36. The number of nitrogens with two attached hydrogens (primary N) is 1. The summed E-state index contributed by atoms with van der Waals surface area (Å²) >= 11 is 0. The van der Waals surface area contributed by atoms with Gasteiger partial charge in [-0.3, -0.25) is 4.79 Å². The van der Waals surface area contributed by atoms with Gasteiger partial charge in [0.25, 0.3) is 0 Å². The van der Waals surface area contributed by atoms with E-state index in [0.717, 1.165) is 32.4 Å². The fourth-order valence-corrected chi connectivity index (χ4v) is 2.09. The molecule has 0 spiro atoms. The number of amides is 1.